The number of carbonyl (C=O) groups excluding carboxylic acids is 5. The van der Waals surface area contributed by atoms with Crippen molar-refractivity contribution < 1.29 is 33.1 Å². The van der Waals surface area contributed by atoms with Crippen LogP contribution in [0.2, 0.25) is 10.0 Å². The molecule has 162 valence electrons. The minimum absolute atomic E-state index is 0.00465. The Kier molecular flexibility index (Phi) is 6.62. The third-order valence-corrected chi connectivity index (χ3v) is 5.01. The number of imide groups is 2. The van der Waals surface area contributed by atoms with Crippen molar-refractivity contribution in [2.75, 3.05) is 6.61 Å². The van der Waals surface area contributed by atoms with Crippen LogP contribution in [0, 0.1) is 0 Å². The molecule has 1 aromatic carbocycles. The molecular weight excluding hydrogens is 453 g/mol. The van der Waals surface area contributed by atoms with Crippen molar-refractivity contribution in [1.29, 1.82) is 0 Å². The van der Waals surface area contributed by atoms with E-state index in [0.717, 1.165) is 0 Å². The van der Waals surface area contributed by atoms with Gasteiger partial charge in [-0.2, -0.15) is 0 Å². The fourth-order valence-corrected chi connectivity index (χ4v) is 3.08. The van der Waals surface area contributed by atoms with Crippen LogP contribution < -0.4 is 10.6 Å². The average molecular weight is 468 g/mol. The van der Waals surface area contributed by atoms with Crippen molar-refractivity contribution >= 4 is 52.9 Å². The molecule has 2 aromatic rings. The number of hydrogen-bond donors (Lipinski definition) is 2. The van der Waals surface area contributed by atoms with Crippen LogP contribution in [0.3, 0.4) is 0 Å². The molecule has 5 amide bonds. The van der Waals surface area contributed by atoms with Gasteiger partial charge in [-0.25, -0.2) is 9.59 Å². The molecule has 3 rings (SSSR count). The summed E-state index contributed by atoms with van der Waals surface area (Å²) < 4.78 is 9.85. The second-order valence-corrected chi connectivity index (χ2v) is 7.20. The van der Waals surface area contributed by atoms with Crippen molar-refractivity contribution in [3.05, 3.63) is 57.5 Å². The van der Waals surface area contributed by atoms with Crippen LogP contribution >= 0.6 is 23.2 Å². The Hall–Kier alpha value is -3.37. The monoisotopic (exact) mass is 467 g/mol. The summed E-state index contributed by atoms with van der Waals surface area (Å²) in [5.74, 6) is -2.93. The normalized spacial score (nSPS) is 13.6. The smallest absolute Gasteiger partial charge is 0.329 e. The molecule has 0 aliphatic carbocycles. The van der Waals surface area contributed by atoms with Crippen LogP contribution in [-0.4, -0.2) is 47.3 Å². The van der Waals surface area contributed by atoms with Gasteiger partial charge in [0.05, 0.1) is 34.0 Å². The van der Waals surface area contributed by atoms with Gasteiger partial charge in [-0.3, -0.25) is 24.6 Å². The first-order chi connectivity index (χ1) is 14.7. The van der Waals surface area contributed by atoms with E-state index >= 15 is 0 Å². The lowest BCUT2D eigenvalue weighted by atomic mass is 10.1. The van der Waals surface area contributed by atoms with Crippen LogP contribution in [0.5, 0.6) is 0 Å². The van der Waals surface area contributed by atoms with Crippen LogP contribution in [0.25, 0.3) is 0 Å². The van der Waals surface area contributed by atoms with E-state index in [1.807, 2.05) is 5.32 Å². The van der Waals surface area contributed by atoms with Gasteiger partial charge < -0.3 is 14.5 Å². The average Bonchev–Trinajstić information content (AvgIpc) is 3.32. The summed E-state index contributed by atoms with van der Waals surface area (Å²) >= 11 is 11.8. The van der Waals surface area contributed by atoms with Crippen LogP contribution in [-0.2, 0) is 20.9 Å². The molecule has 0 spiro atoms. The number of amides is 5. The van der Waals surface area contributed by atoms with Gasteiger partial charge >= 0.3 is 12.0 Å². The number of halogens is 2. The third-order valence-electron chi connectivity index (χ3n) is 4.29. The van der Waals surface area contributed by atoms with Crippen LogP contribution in [0.4, 0.5) is 4.79 Å². The Labute approximate surface area is 185 Å². The van der Waals surface area contributed by atoms with Gasteiger partial charge in [-0.1, -0.05) is 23.2 Å². The second-order valence-electron chi connectivity index (χ2n) is 6.39. The number of rotatable bonds is 6. The van der Waals surface area contributed by atoms with Gasteiger partial charge in [0, 0.05) is 0 Å². The highest BCUT2D eigenvalue weighted by molar-refractivity contribution is 6.43. The predicted octanol–water partition coefficient (Wildman–Crippen LogP) is 2.14. The lowest BCUT2D eigenvalue weighted by Crippen LogP contribution is -2.45. The minimum Gasteiger partial charge on any atom is -0.467 e. The maximum Gasteiger partial charge on any atom is 0.329 e. The highest BCUT2D eigenvalue weighted by atomic mass is 35.5. The van der Waals surface area contributed by atoms with Crippen molar-refractivity contribution in [1.82, 2.24) is 15.5 Å². The number of nitrogens with one attached hydrogen (secondary N) is 2. The second kappa shape index (κ2) is 9.19. The molecule has 0 saturated carbocycles. The molecule has 1 aliphatic rings. The number of carbonyl (C=O) groups is 5. The van der Waals surface area contributed by atoms with E-state index in [9.17, 15) is 24.0 Å². The first-order valence-electron chi connectivity index (χ1n) is 8.82. The number of ether oxygens (including phenoxy) is 1. The number of fused-ring (bicyclic) bond motifs is 1. The zero-order chi connectivity index (χ0) is 22.7. The maximum absolute atomic E-state index is 12.5. The Morgan fingerprint density at radius 3 is 2.29 bits per heavy atom. The van der Waals surface area contributed by atoms with Gasteiger partial charge in [0.25, 0.3) is 17.7 Å². The molecule has 2 N–H and O–H groups in total. The highest BCUT2D eigenvalue weighted by Crippen LogP contribution is 2.32. The van der Waals surface area contributed by atoms with Gasteiger partial charge in [-0.15, -0.1) is 0 Å². The van der Waals surface area contributed by atoms with E-state index in [0.29, 0.717) is 10.7 Å². The largest absolute Gasteiger partial charge is 0.467 e. The molecule has 31 heavy (non-hydrogen) atoms. The topological polar surface area (TPSA) is 135 Å². The number of urea groups is 1. The fraction of sp³-hybridized carbons (Fsp3) is 0.211. The molecule has 2 heterocycles. The molecule has 1 aliphatic heterocycles. The first-order valence-corrected chi connectivity index (χ1v) is 9.58. The molecule has 0 fully saturated rings. The van der Waals surface area contributed by atoms with Crippen molar-refractivity contribution in [3.63, 3.8) is 0 Å². The Bertz CT molecular complexity index is 1030. The van der Waals surface area contributed by atoms with Crippen LogP contribution in [0.15, 0.2) is 34.9 Å². The molecule has 0 saturated heterocycles. The number of hydrogen-bond acceptors (Lipinski definition) is 7. The number of nitrogens with zero attached hydrogens (tertiary/aromatic N) is 1. The number of esters is 1. The third kappa shape index (κ3) is 4.86. The lowest BCUT2D eigenvalue weighted by molar-refractivity contribution is -0.151. The van der Waals surface area contributed by atoms with Gasteiger partial charge in [-0.05, 0) is 31.2 Å². The van der Waals surface area contributed by atoms with E-state index < -0.39 is 42.4 Å². The van der Waals surface area contributed by atoms with Crippen molar-refractivity contribution in [3.8, 4) is 0 Å². The SMILES string of the molecule is CC(C(=O)OCC(=O)NC(=O)NCc1ccco1)N1C(=O)c2cc(Cl)c(Cl)cc2C1=O. The lowest BCUT2D eigenvalue weighted by Gasteiger charge is -2.20. The molecule has 1 unspecified atom stereocenters. The maximum atomic E-state index is 12.5. The van der Waals surface area contributed by atoms with Crippen molar-refractivity contribution in [2.45, 2.75) is 19.5 Å². The summed E-state index contributed by atoms with van der Waals surface area (Å²) in [7, 11) is 0. The summed E-state index contributed by atoms with van der Waals surface area (Å²) in [6, 6.07) is 3.61. The quantitative estimate of drug-likeness (QED) is 0.490. The Morgan fingerprint density at radius 2 is 1.74 bits per heavy atom. The van der Waals surface area contributed by atoms with E-state index in [1.165, 1.54) is 25.3 Å². The Balaban J connectivity index is 1.52. The molecule has 10 nitrogen and oxygen atoms in total. The van der Waals surface area contributed by atoms with Crippen molar-refractivity contribution in [2.24, 2.45) is 0 Å². The van der Waals surface area contributed by atoms with Gasteiger partial charge in [0.1, 0.15) is 11.8 Å². The summed E-state index contributed by atoms with van der Waals surface area (Å²) in [5, 5.41) is 4.51. The molecule has 1 aromatic heterocycles. The fourth-order valence-electron chi connectivity index (χ4n) is 2.75. The number of benzene rings is 1. The molecule has 0 radical (unpaired) electrons. The van der Waals surface area contributed by atoms with Gasteiger partial charge in [0.2, 0.25) is 0 Å². The standard InChI is InChI=1S/C19H15Cl2N3O7/c1-9(24-16(26)11-5-13(20)14(21)6-12(11)17(24)27)18(28)31-8-15(25)23-19(29)22-7-10-3-2-4-30-10/h2-6,9H,7-8H2,1H3,(H2,22,23,25,29). The minimum atomic E-state index is -1.33. The van der Waals surface area contributed by atoms with E-state index in [1.54, 1.807) is 12.1 Å². The van der Waals surface area contributed by atoms with E-state index in [-0.39, 0.29) is 27.7 Å². The molecule has 12 heteroatoms. The highest BCUT2D eigenvalue weighted by Gasteiger charge is 2.42. The summed E-state index contributed by atoms with van der Waals surface area (Å²) in [4.78, 5) is 61.5. The zero-order valence-corrected chi connectivity index (χ0v) is 17.5. The number of furan rings is 1. The molecule has 0 bridgehead atoms. The van der Waals surface area contributed by atoms with E-state index in [2.05, 4.69) is 5.32 Å². The summed E-state index contributed by atoms with van der Waals surface area (Å²) in [6.07, 6.45) is 1.43. The molecular formula is C19H15Cl2N3O7. The van der Waals surface area contributed by atoms with Gasteiger partial charge in [0.15, 0.2) is 6.61 Å². The first kappa shape index (κ1) is 22.3. The molecule has 1 atom stereocenters. The Morgan fingerprint density at radius 1 is 1.13 bits per heavy atom. The zero-order valence-electron chi connectivity index (χ0n) is 15.9. The predicted molar refractivity (Wildman–Crippen MR) is 106 cm³/mol. The summed E-state index contributed by atoms with van der Waals surface area (Å²) in [5.41, 5.74) is 0.00930. The van der Waals surface area contributed by atoms with Crippen LogP contribution in [0.1, 0.15) is 33.4 Å². The summed E-state index contributed by atoms with van der Waals surface area (Å²) in [6.45, 7) is 0.524. The van der Waals surface area contributed by atoms with E-state index in [4.69, 9.17) is 32.4 Å².